The van der Waals surface area contributed by atoms with Crippen LogP contribution in [0, 0.1) is 0 Å². The molecule has 2 N–H and O–H groups in total. The Bertz CT molecular complexity index is 758. The SMILES string of the molecule is CC(C)(C)OC(=O)N[C@@H](Cc1ccc(N2CCN(Br)C[C@@H]2O)cc1)C(=O)OC(C)(C)C. The number of amides is 1. The second kappa shape index (κ2) is 10.2. The van der Waals surface area contributed by atoms with Gasteiger partial charge in [-0.05, 0) is 59.2 Å². The van der Waals surface area contributed by atoms with E-state index < -0.39 is 35.5 Å². The smallest absolute Gasteiger partial charge is 0.408 e. The summed E-state index contributed by atoms with van der Waals surface area (Å²) in [7, 11) is 0. The van der Waals surface area contributed by atoms with E-state index in [9.17, 15) is 14.7 Å². The van der Waals surface area contributed by atoms with E-state index in [-0.39, 0.29) is 6.42 Å². The first kappa shape index (κ1) is 25.4. The number of nitrogens with zero attached hydrogens (tertiary/aromatic N) is 2. The minimum atomic E-state index is -0.887. The van der Waals surface area contributed by atoms with Crippen molar-refractivity contribution in [3.63, 3.8) is 0 Å². The Morgan fingerprint density at radius 1 is 1.10 bits per heavy atom. The molecular weight excluding hydrogens is 466 g/mol. The molecule has 0 saturated carbocycles. The Kier molecular flexibility index (Phi) is 8.35. The molecule has 1 aliphatic rings. The maximum Gasteiger partial charge on any atom is 0.408 e. The summed E-state index contributed by atoms with van der Waals surface area (Å²) in [5.41, 5.74) is 0.391. The molecule has 0 unspecified atom stereocenters. The van der Waals surface area contributed by atoms with E-state index in [1.165, 1.54) is 0 Å². The van der Waals surface area contributed by atoms with E-state index in [0.717, 1.165) is 17.8 Å². The van der Waals surface area contributed by atoms with Gasteiger partial charge < -0.3 is 24.8 Å². The predicted octanol–water partition coefficient (Wildman–Crippen LogP) is 3.21. The molecule has 1 aromatic rings. The normalized spacial score (nSPS) is 19.0. The molecule has 1 saturated heterocycles. The number of esters is 1. The van der Waals surface area contributed by atoms with E-state index in [1.54, 1.807) is 41.5 Å². The number of carbonyl (C=O) groups excluding carboxylic acids is 2. The predicted molar refractivity (Wildman–Crippen MR) is 123 cm³/mol. The van der Waals surface area contributed by atoms with Gasteiger partial charge in [0.1, 0.15) is 23.5 Å². The monoisotopic (exact) mass is 499 g/mol. The van der Waals surface area contributed by atoms with Crippen molar-refractivity contribution >= 4 is 33.9 Å². The number of aliphatic hydroxyl groups is 1. The summed E-state index contributed by atoms with van der Waals surface area (Å²) in [6.07, 6.45) is -1.02. The molecule has 1 amide bonds. The van der Waals surface area contributed by atoms with Crippen LogP contribution in [0.5, 0.6) is 0 Å². The zero-order chi connectivity index (χ0) is 23.4. The van der Waals surface area contributed by atoms with Crippen molar-refractivity contribution in [2.75, 3.05) is 24.5 Å². The quantitative estimate of drug-likeness (QED) is 0.474. The van der Waals surface area contributed by atoms with Crippen LogP contribution in [0.25, 0.3) is 0 Å². The minimum absolute atomic E-state index is 0.256. The van der Waals surface area contributed by atoms with E-state index in [0.29, 0.717) is 13.1 Å². The number of halogens is 1. The molecule has 1 aliphatic heterocycles. The van der Waals surface area contributed by atoms with Gasteiger partial charge in [0, 0.05) is 41.3 Å². The Labute approximate surface area is 193 Å². The number of aliphatic hydroxyl groups excluding tert-OH is 1. The van der Waals surface area contributed by atoms with E-state index >= 15 is 0 Å². The molecular formula is C22H34BrN3O5. The van der Waals surface area contributed by atoms with Gasteiger partial charge in [0.25, 0.3) is 0 Å². The van der Waals surface area contributed by atoms with Gasteiger partial charge in [-0.15, -0.1) is 0 Å². The Morgan fingerprint density at radius 2 is 1.68 bits per heavy atom. The molecule has 0 bridgehead atoms. The highest BCUT2D eigenvalue weighted by Gasteiger charge is 2.29. The number of β-amino-alcohol motifs (C(OH)–C–C–N with tert-alkyl or cyclic N) is 1. The first-order valence-corrected chi connectivity index (χ1v) is 11.1. The standard InChI is InChI=1S/C22H34BrN3O5/c1-21(2,3)30-19(28)17(24-20(29)31-22(4,5)6)13-15-7-9-16(10-8-15)26-12-11-25(23)14-18(26)27/h7-10,17-18,27H,11-14H2,1-6H3,(H,24,29)/t17-,18-/m0/s1. The van der Waals surface area contributed by atoms with Crippen LogP contribution in [-0.2, 0) is 20.7 Å². The summed E-state index contributed by atoms with van der Waals surface area (Å²) >= 11 is 3.40. The molecule has 0 aliphatic carbocycles. The van der Waals surface area contributed by atoms with Crippen molar-refractivity contribution < 1.29 is 24.2 Å². The van der Waals surface area contributed by atoms with Gasteiger partial charge in [-0.25, -0.2) is 13.5 Å². The van der Waals surface area contributed by atoms with Crippen LogP contribution in [-0.4, -0.2) is 64.2 Å². The Hall–Kier alpha value is -1.84. The highest BCUT2D eigenvalue weighted by Crippen LogP contribution is 2.22. The van der Waals surface area contributed by atoms with E-state index in [4.69, 9.17) is 9.47 Å². The third-order valence-electron chi connectivity index (χ3n) is 4.39. The van der Waals surface area contributed by atoms with Crippen LogP contribution in [0.15, 0.2) is 24.3 Å². The number of piperazine rings is 1. The molecule has 1 aromatic carbocycles. The number of hydrogen-bond acceptors (Lipinski definition) is 7. The van der Waals surface area contributed by atoms with E-state index in [2.05, 4.69) is 21.5 Å². The van der Waals surface area contributed by atoms with Crippen molar-refractivity contribution in [3.8, 4) is 0 Å². The van der Waals surface area contributed by atoms with Crippen LogP contribution in [0.1, 0.15) is 47.1 Å². The number of hydrogen-bond donors (Lipinski definition) is 2. The summed E-state index contributed by atoms with van der Waals surface area (Å²) < 4.78 is 12.7. The van der Waals surface area contributed by atoms with Gasteiger partial charge >= 0.3 is 12.1 Å². The number of nitrogens with one attached hydrogen (secondary N) is 1. The molecule has 9 heteroatoms. The second-order valence-corrected chi connectivity index (χ2v) is 10.6. The molecule has 1 fully saturated rings. The fraction of sp³-hybridized carbons (Fsp3) is 0.636. The van der Waals surface area contributed by atoms with Gasteiger partial charge in [-0.3, -0.25) is 0 Å². The summed E-state index contributed by atoms with van der Waals surface area (Å²) in [6.45, 7) is 12.6. The maximum atomic E-state index is 12.7. The van der Waals surface area contributed by atoms with Crippen molar-refractivity contribution in [2.24, 2.45) is 0 Å². The van der Waals surface area contributed by atoms with Crippen LogP contribution < -0.4 is 10.2 Å². The third kappa shape index (κ3) is 8.66. The molecule has 2 rings (SSSR count). The largest absolute Gasteiger partial charge is 0.458 e. The van der Waals surface area contributed by atoms with E-state index in [1.807, 2.05) is 33.1 Å². The fourth-order valence-corrected chi connectivity index (χ4v) is 3.53. The van der Waals surface area contributed by atoms with Gasteiger partial charge in [-0.2, -0.15) is 0 Å². The average Bonchev–Trinajstić information content (AvgIpc) is 2.59. The van der Waals surface area contributed by atoms with Crippen molar-refractivity contribution in [1.82, 2.24) is 9.24 Å². The number of anilines is 1. The lowest BCUT2D eigenvalue weighted by Crippen LogP contribution is -2.50. The molecule has 174 valence electrons. The van der Waals surface area contributed by atoms with Crippen LogP contribution in [0.3, 0.4) is 0 Å². The topological polar surface area (TPSA) is 91.3 Å². The molecule has 8 nitrogen and oxygen atoms in total. The number of rotatable bonds is 5. The minimum Gasteiger partial charge on any atom is -0.458 e. The van der Waals surface area contributed by atoms with Crippen LogP contribution >= 0.6 is 16.1 Å². The molecule has 31 heavy (non-hydrogen) atoms. The summed E-state index contributed by atoms with van der Waals surface area (Å²) in [4.78, 5) is 26.9. The molecule has 0 radical (unpaired) electrons. The lowest BCUT2D eigenvalue weighted by Gasteiger charge is -2.37. The van der Waals surface area contributed by atoms with Crippen molar-refractivity contribution in [2.45, 2.75) is 71.4 Å². The molecule has 1 heterocycles. The third-order valence-corrected chi connectivity index (χ3v) is 5.04. The summed E-state index contributed by atoms with van der Waals surface area (Å²) in [6, 6.07) is 6.69. The zero-order valence-electron chi connectivity index (χ0n) is 19.1. The maximum absolute atomic E-state index is 12.7. The van der Waals surface area contributed by atoms with Crippen molar-refractivity contribution in [1.29, 1.82) is 0 Å². The first-order chi connectivity index (χ1) is 14.2. The first-order valence-electron chi connectivity index (χ1n) is 10.4. The molecule has 0 spiro atoms. The van der Waals surface area contributed by atoms with Gasteiger partial charge in [0.15, 0.2) is 0 Å². The molecule has 0 aromatic heterocycles. The zero-order valence-corrected chi connectivity index (χ0v) is 20.7. The summed E-state index contributed by atoms with van der Waals surface area (Å²) in [5, 5.41) is 12.9. The number of benzene rings is 1. The van der Waals surface area contributed by atoms with Gasteiger partial charge in [0.2, 0.25) is 0 Å². The average molecular weight is 500 g/mol. The van der Waals surface area contributed by atoms with Gasteiger partial charge in [-0.1, -0.05) is 12.1 Å². The lowest BCUT2D eigenvalue weighted by molar-refractivity contribution is -0.157. The Balaban J connectivity index is 2.11. The number of ether oxygens (including phenoxy) is 2. The number of carbonyl (C=O) groups is 2. The lowest BCUT2D eigenvalue weighted by atomic mass is 10.0. The molecule has 2 atom stereocenters. The number of alkyl carbamates (subject to hydrolysis) is 1. The second-order valence-electron chi connectivity index (χ2n) is 9.65. The van der Waals surface area contributed by atoms with Crippen molar-refractivity contribution in [3.05, 3.63) is 29.8 Å². The highest BCUT2D eigenvalue weighted by atomic mass is 79.9. The fourth-order valence-electron chi connectivity index (χ4n) is 3.11. The van der Waals surface area contributed by atoms with Gasteiger partial charge in [0.05, 0.1) is 6.54 Å². The summed E-state index contributed by atoms with van der Waals surface area (Å²) in [5.74, 6) is -0.522. The highest BCUT2D eigenvalue weighted by molar-refractivity contribution is 9.07. The Morgan fingerprint density at radius 3 is 2.19 bits per heavy atom. The van der Waals surface area contributed by atoms with Crippen LogP contribution in [0.2, 0.25) is 0 Å². The van der Waals surface area contributed by atoms with Crippen LogP contribution in [0.4, 0.5) is 10.5 Å².